The summed E-state index contributed by atoms with van der Waals surface area (Å²) in [6.45, 7) is -1.05. The summed E-state index contributed by atoms with van der Waals surface area (Å²) in [6, 6.07) is 10.7. The molecule has 0 saturated carbocycles. The number of rotatable bonds is 12. The van der Waals surface area contributed by atoms with Crippen LogP contribution in [0.5, 0.6) is 5.75 Å². The molecule has 244 valence electrons. The maximum absolute atomic E-state index is 12.4. The van der Waals surface area contributed by atoms with Gasteiger partial charge in [0.15, 0.2) is 17.7 Å². The Kier molecular flexibility index (Phi) is 9.36. The number of phosphoric acid groups is 4. The lowest BCUT2D eigenvalue weighted by Crippen LogP contribution is -2.33. The molecule has 8 atom stereocenters. The smallest absolute Gasteiger partial charge is 0.403 e. The Bertz CT molecular complexity index is 1920. The van der Waals surface area contributed by atoms with Gasteiger partial charge in [-0.05, 0) is 11.5 Å². The van der Waals surface area contributed by atoms with Crippen LogP contribution in [0.1, 0.15) is 6.23 Å². The number of benzene rings is 2. The van der Waals surface area contributed by atoms with Crippen molar-refractivity contribution < 1.29 is 74.8 Å². The third-order valence-corrected chi connectivity index (χ3v) is 11.8. The maximum atomic E-state index is 12.4. The van der Waals surface area contributed by atoms with Gasteiger partial charge in [0.25, 0.3) is 0 Å². The van der Waals surface area contributed by atoms with Crippen molar-refractivity contribution in [2.24, 2.45) is 0 Å². The average molecular weight is 713 g/mol. The number of hydrogen-bond donors (Lipinski definition) is 7. The molecular formula is C20H23N5O16P4. The zero-order valence-corrected chi connectivity index (χ0v) is 25.7. The third kappa shape index (κ3) is 7.84. The molecule has 21 nitrogen and oxygen atoms in total. The number of anilines is 1. The van der Waals surface area contributed by atoms with Gasteiger partial charge < -0.3 is 39.9 Å². The molecule has 0 aliphatic carbocycles. The molecule has 2 aromatic heterocycles. The maximum Gasteiger partial charge on any atom is 0.536 e. The predicted octanol–water partition coefficient (Wildman–Crippen LogP) is 1.73. The van der Waals surface area contributed by atoms with E-state index in [4.69, 9.17) is 15.0 Å². The molecule has 0 radical (unpaired) electrons. The molecule has 3 heterocycles. The Morgan fingerprint density at radius 3 is 2.20 bits per heavy atom. The molecule has 8 unspecified atom stereocenters. The molecule has 2 aromatic carbocycles. The van der Waals surface area contributed by atoms with Gasteiger partial charge >= 0.3 is 31.3 Å². The number of aliphatic hydroxyl groups is 2. The molecule has 0 amide bonds. The van der Waals surface area contributed by atoms with Crippen molar-refractivity contribution in [3.05, 3.63) is 55.1 Å². The molecule has 8 N–H and O–H groups in total. The van der Waals surface area contributed by atoms with Crippen molar-refractivity contribution in [2.45, 2.75) is 24.5 Å². The van der Waals surface area contributed by atoms with Crippen LogP contribution in [-0.2, 0) is 40.5 Å². The molecule has 25 heteroatoms. The third-order valence-electron chi connectivity index (χ3n) is 5.98. The van der Waals surface area contributed by atoms with Crippen molar-refractivity contribution in [3.63, 3.8) is 0 Å². The summed E-state index contributed by atoms with van der Waals surface area (Å²) in [5, 5.41) is 21.7. The topological polar surface area (TPSA) is 315 Å². The van der Waals surface area contributed by atoms with Crippen LogP contribution in [-0.4, -0.2) is 74.2 Å². The Labute approximate surface area is 251 Å². The van der Waals surface area contributed by atoms with Crippen LogP contribution in [0.2, 0.25) is 0 Å². The molecule has 0 spiro atoms. The van der Waals surface area contributed by atoms with Crippen molar-refractivity contribution >= 4 is 59.0 Å². The van der Waals surface area contributed by atoms with E-state index in [1.807, 2.05) is 0 Å². The standard InChI is InChI=1S/C20H23N5O16P4/c21-18-15-19(23-9-22-18)25(10-24-15)20-17(27)16(26)14(37-20)8-36-42(28,29)39-44(32,33)41-45(34,35)40-43(30,31)38-13-7-3-5-11-4-1-2-6-12(11)13/h1-7,9-10,14,16-17,20,26-27H,8H2,(H,28,29)(H,30,31)(H,32,33)(H,34,35)(H2,21,22,23). The van der Waals surface area contributed by atoms with Gasteiger partial charge in [-0.1, -0.05) is 36.4 Å². The molecule has 4 aromatic rings. The molecular weight excluding hydrogens is 690 g/mol. The number of aliphatic hydroxyl groups excluding tert-OH is 2. The fraction of sp³-hybridized carbons (Fsp3) is 0.250. The molecule has 45 heavy (non-hydrogen) atoms. The Morgan fingerprint density at radius 1 is 0.822 bits per heavy atom. The van der Waals surface area contributed by atoms with Crippen LogP contribution in [0.4, 0.5) is 5.82 Å². The van der Waals surface area contributed by atoms with Crippen molar-refractivity contribution in [1.82, 2.24) is 19.5 Å². The summed E-state index contributed by atoms with van der Waals surface area (Å²) < 4.78 is 77.1. The highest BCUT2D eigenvalue weighted by molar-refractivity contribution is 7.69. The molecule has 1 aliphatic rings. The van der Waals surface area contributed by atoms with Crippen LogP contribution in [0.25, 0.3) is 21.9 Å². The summed E-state index contributed by atoms with van der Waals surface area (Å²) in [6.07, 6.45) is -4.05. The largest absolute Gasteiger partial charge is 0.536 e. The van der Waals surface area contributed by atoms with Gasteiger partial charge in [-0.25, -0.2) is 33.2 Å². The average Bonchev–Trinajstić information content (AvgIpc) is 3.47. The van der Waals surface area contributed by atoms with E-state index in [1.54, 1.807) is 24.3 Å². The Hall–Kier alpha value is -2.67. The minimum Gasteiger partial charge on any atom is -0.403 e. The quantitative estimate of drug-likeness (QED) is 0.103. The van der Waals surface area contributed by atoms with Crippen molar-refractivity contribution in [3.8, 4) is 5.75 Å². The lowest BCUT2D eigenvalue weighted by Gasteiger charge is -2.21. The highest BCUT2D eigenvalue weighted by Gasteiger charge is 2.48. The summed E-state index contributed by atoms with van der Waals surface area (Å²) in [5.74, 6) is -0.254. The summed E-state index contributed by atoms with van der Waals surface area (Å²) in [5.41, 5.74) is 5.98. The van der Waals surface area contributed by atoms with Gasteiger partial charge in [0.05, 0.1) is 12.9 Å². The Balaban J connectivity index is 1.19. The molecule has 1 aliphatic heterocycles. The number of nitrogens with zero attached hydrogens (tertiary/aromatic N) is 4. The van der Waals surface area contributed by atoms with Gasteiger partial charge in [-0.15, -0.1) is 0 Å². The second-order valence-corrected chi connectivity index (χ2v) is 15.3. The summed E-state index contributed by atoms with van der Waals surface area (Å²) in [7, 11) is -23.3. The predicted molar refractivity (Wildman–Crippen MR) is 149 cm³/mol. The second-order valence-electron chi connectivity index (χ2n) is 9.11. The highest BCUT2D eigenvalue weighted by atomic mass is 31.3. The normalized spacial score (nSPS) is 25.7. The Morgan fingerprint density at radius 2 is 1.47 bits per heavy atom. The number of ether oxygens (including phenoxy) is 1. The summed E-state index contributed by atoms with van der Waals surface area (Å²) >= 11 is 0. The first-order chi connectivity index (χ1) is 21.0. The van der Waals surface area contributed by atoms with Gasteiger partial charge in [-0.3, -0.25) is 14.0 Å². The van der Waals surface area contributed by atoms with E-state index >= 15 is 0 Å². The van der Waals surface area contributed by atoms with Crippen molar-refractivity contribution in [2.75, 3.05) is 12.3 Å². The number of aromatic nitrogens is 4. The fourth-order valence-electron chi connectivity index (χ4n) is 4.18. The van der Waals surface area contributed by atoms with Crippen LogP contribution in [0.3, 0.4) is 0 Å². The van der Waals surface area contributed by atoms with Crippen LogP contribution in [0.15, 0.2) is 55.1 Å². The number of nitrogen functional groups attached to an aromatic ring is 1. The molecule has 5 rings (SSSR count). The van der Waals surface area contributed by atoms with E-state index in [9.17, 15) is 48.0 Å². The van der Waals surface area contributed by atoms with Gasteiger partial charge in [0, 0.05) is 5.39 Å². The molecule has 1 saturated heterocycles. The lowest BCUT2D eigenvalue weighted by molar-refractivity contribution is -0.0503. The van der Waals surface area contributed by atoms with Crippen LogP contribution in [0, 0.1) is 0 Å². The number of hydrogen-bond acceptors (Lipinski definition) is 16. The monoisotopic (exact) mass is 713 g/mol. The van der Waals surface area contributed by atoms with E-state index in [2.05, 4.69) is 32.4 Å². The number of fused-ring (bicyclic) bond motifs is 2. The first-order valence-corrected chi connectivity index (χ1v) is 18.2. The number of phosphoric ester groups is 2. The minimum absolute atomic E-state index is 0.0117. The minimum atomic E-state index is -6.07. The first kappa shape index (κ1) is 33.7. The highest BCUT2D eigenvalue weighted by Crippen LogP contribution is 2.71. The van der Waals surface area contributed by atoms with E-state index < -0.39 is 62.4 Å². The molecule has 0 bridgehead atoms. The lowest BCUT2D eigenvalue weighted by atomic mass is 10.1. The molecule has 1 fully saturated rings. The van der Waals surface area contributed by atoms with E-state index in [0.29, 0.717) is 10.8 Å². The SMILES string of the molecule is Nc1ncnc2c1ncn2C1OC(COP(=O)(O)OP(=O)(O)OP(=O)(O)OP(=O)(O)Oc2cccc3ccccc23)C(O)C1O. The van der Waals surface area contributed by atoms with Gasteiger partial charge in [-0.2, -0.15) is 12.9 Å². The second kappa shape index (κ2) is 12.5. The zero-order valence-electron chi connectivity index (χ0n) is 22.1. The zero-order chi connectivity index (χ0) is 32.8. The number of nitrogens with two attached hydrogens (primary N) is 1. The van der Waals surface area contributed by atoms with Crippen LogP contribution < -0.4 is 10.3 Å². The van der Waals surface area contributed by atoms with E-state index in [0.717, 1.165) is 6.33 Å². The number of imidazole rings is 1. The fourth-order valence-corrected chi connectivity index (χ4v) is 9.15. The van der Waals surface area contributed by atoms with E-state index in [-0.39, 0.29) is 22.7 Å². The van der Waals surface area contributed by atoms with Gasteiger partial charge in [0.2, 0.25) is 0 Å². The van der Waals surface area contributed by atoms with Crippen LogP contribution >= 0.6 is 31.3 Å². The van der Waals surface area contributed by atoms with Gasteiger partial charge in [0.1, 0.15) is 35.9 Å². The van der Waals surface area contributed by atoms with E-state index in [1.165, 1.54) is 29.1 Å². The summed E-state index contributed by atoms with van der Waals surface area (Å²) in [4.78, 5) is 51.3. The van der Waals surface area contributed by atoms with Crippen molar-refractivity contribution in [1.29, 1.82) is 0 Å². The first-order valence-electron chi connectivity index (χ1n) is 12.2.